The van der Waals surface area contributed by atoms with Gasteiger partial charge in [-0.25, -0.2) is 0 Å². The summed E-state index contributed by atoms with van der Waals surface area (Å²) in [6, 6.07) is 13.0. The van der Waals surface area contributed by atoms with E-state index in [0.717, 1.165) is 11.1 Å². The smallest absolute Gasteiger partial charge is 0.256 e. The highest BCUT2D eigenvalue weighted by Crippen LogP contribution is 2.12. The number of benzene rings is 1. The average Bonchev–Trinajstić information content (AvgIpc) is 3.39. The molecule has 0 radical (unpaired) electrons. The highest BCUT2D eigenvalue weighted by molar-refractivity contribution is 6.30. The highest BCUT2D eigenvalue weighted by atomic mass is 35.5. The van der Waals surface area contributed by atoms with Crippen molar-refractivity contribution in [2.45, 2.75) is 26.1 Å². The van der Waals surface area contributed by atoms with E-state index in [4.69, 9.17) is 17.3 Å². The van der Waals surface area contributed by atoms with Gasteiger partial charge in [0.25, 0.3) is 11.5 Å². The first-order valence-electron chi connectivity index (χ1n) is 10.5. The quantitative estimate of drug-likeness (QED) is 0.368. The van der Waals surface area contributed by atoms with Gasteiger partial charge in [0.2, 0.25) is 0 Å². The Kier molecular flexibility index (Phi) is 6.89. The molecule has 0 saturated carbocycles. The van der Waals surface area contributed by atoms with Crippen molar-refractivity contribution in [2.75, 3.05) is 12.3 Å². The first-order chi connectivity index (χ1) is 16.0. The maximum atomic E-state index is 12.5. The molecule has 4 aromatic rings. The third kappa shape index (κ3) is 5.89. The summed E-state index contributed by atoms with van der Waals surface area (Å²) in [6.45, 7) is 2.11. The van der Waals surface area contributed by atoms with Crippen LogP contribution in [0.25, 0.3) is 0 Å². The SMILES string of the molecule is Nc1nn(Cc2ccc(Cn3ccccc3=O)cc2)cc1C(=O)NCCCn1cc(Cl)cn1. The van der Waals surface area contributed by atoms with E-state index in [0.29, 0.717) is 43.2 Å². The van der Waals surface area contributed by atoms with Crippen molar-refractivity contribution in [3.05, 3.63) is 99.3 Å². The van der Waals surface area contributed by atoms with Crippen LogP contribution in [0.2, 0.25) is 5.02 Å². The molecule has 0 bridgehead atoms. The summed E-state index contributed by atoms with van der Waals surface area (Å²) < 4.78 is 5.02. The molecular formula is C23H24ClN7O2. The van der Waals surface area contributed by atoms with Gasteiger partial charge >= 0.3 is 0 Å². The van der Waals surface area contributed by atoms with Gasteiger partial charge in [-0.1, -0.05) is 41.9 Å². The number of carbonyl (C=O) groups is 1. The zero-order chi connectivity index (χ0) is 23.2. The molecule has 9 nitrogen and oxygen atoms in total. The number of anilines is 1. The van der Waals surface area contributed by atoms with E-state index in [-0.39, 0.29) is 17.3 Å². The Morgan fingerprint density at radius 2 is 1.79 bits per heavy atom. The second kappa shape index (κ2) is 10.2. The normalized spacial score (nSPS) is 10.9. The third-order valence-corrected chi connectivity index (χ3v) is 5.30. The molecule has 10 heteroatoms. The first-order valence-corrected chi connectivity index (χ1v) is 10.9. The van der Waals surface area contributed by atoms with E-state index in [1.807, 2.05) is 30.3 Å². The molecule has 0 aliphatic heterocycles. The summed E-state index contributed by atoms with van der Waals surface area (Å²) in [5.41, 5.74) is 8.30. The van der Waals surface area contributed by atoms with E-state index in [9.17, 15) is 9.59 Å². The number of nitrogens with one attached hydrogen (secondary N) is 1. The number of nitrogens with zero attached hydrogens (tertiary/aromatic N) is 5. The van der Waals surface area contributed by atoms with Crippen LogP contribution in [0.15, 0.2) is 72.0 Å². The van der Waals surface area contributed by atoms with E-state index >= 15 is 0 Å². The molecule has 0 spiro atoms. The molecule has 0 aliphatic carbocycles. The summed E-state index contributed by atoms with van der Waals surface area (Å²) in [5, 5.41) is 11.8. The van der Waals surface area contributed by atoms with Crippen molar-refractivity contribution in [2.24, 2.45) is 0 Å². The number of hydrogen-bond donors (Lipinski definition) is 2. The van der Waals surface area contributed by atoms with Crippen LogP contribution in [-0.4, -0.2) is 36.6 Å². The fourth-order valence-corrected chi connectivity index (χ4v) is 3.57. The summed E-state index contributed by atoms with van der Waals surface area (Å²) in [5.74, 6) is -0.0765. The Hall–Kier alpha value is -3.85. The number of aryl methyl sites for hydroxylation is 1. The van der Waals surface area contributed by atoms with Gasteiger partial charge < -0.3 is 15.6 Å². The zero-order valence-corrected chi connectivity index (χ0v) is 18.7. The Morgan fingerprint density at radius 3 is 2.48 bits per heavy atom. The van der Waals surface area contributed by atoms with Crippen LogP contribution in [0, 0.1) is 0 Å². The van der Waals surface area contributed by atoms with Crippen LogP contribution in [-0.2, 0) is 19.6 Å². The maximum Gasteiger partial charge on any atom is 0.256 e. The predicted molar refractivity (Wildman–Crippen MR) is 126 cm³/mol. The molecule has 1 aromatic carbocycles. The van der Waals surface area contributed by atoms with Crippen molar-refractivity contribution in [1.82, 2.24) is 29.4 Å². The first kappa shape index (κ1) is 22.3. The van der Waals surface area contributed by atoms with Gasteiger partial charge in [-0.2, -0.15) is 10.2 Å². The second-order valence-electron chi connectivity index (χ2n) is 7.64. The van der Waals surface area contributed by atoms with Gasteiger partial charge in [-0.05, 0) is 23.6 Å². The summed E-state index contributed by atoms with van der Waals surface area (Å²) in [6.07, 6.45) is 7.43. The van der Waals surface area contributed by atoms with Crippen molar-refractivity contribution in [3.63, 3.8) is 0 Å². The Balaban J connectivity index is 1.30. The second-order valence-corrected chi connectivity index (χ2v) is 8.08. The van der Waals surface area contributed by atoms with Gasteiger partial charge in [-0.15, -0.1) is 0 Å². The minimum Gasteiger partial charge on any atom is -0.382 e. The molecule has 0 atom stereocenters. The third-order valence-electron chi connectivity index (χ3n) is 5.11. The molecule has 3 N–H and O–H groups in total. The van der Waals surface area contributed by atoms with Crippen LogP contribution in [0.5, 0.6) is 0 Å². The van der Waals surface area contributed by atoms with Gasteiger partial charge in [0, 0.05) is 37.7 Å². The minimum atomic E-state index is -0.263. The number of rotatable bonds is 9. The molecule has 0 fully saturated rings. The van der Waals surface area contributed by atoms with Crippen LogP contribution >= 0.6 is 11.6 Å². The van der Waals surface area contributed by atoms with Crippen molar-refractivity contribution in [3.8, 4) is 0 Å². The van der Waals surface area contributed by atoms with E-state index in [2.05, 4.69) is 15.5 Å². The largest absolute Gasteiger partial charge is 0.382 e. The van der Waals surface area contributed by atoms with Gasteiger partial charge in [0.05, 0.1) is 24.3 Å². The van der Waals surface area contributed by atoms with Gasteiger partial charge in [0.15, 0.2) is 5.82 Å². The van der Waals surface area contributed by atoms with E-state index in [1.54, 1.807) is 50.9 Å². The predicted octanol–water partition coefficient (Wildman–Crippen LogP) is 2.39. The zero-order valence-electron chi connectivity index (χ0n) is 17.9. The molecule has 1 amide bonds. The van der Waals surface area contributed by atoms with Crippen LogP contribution in [0.1, 0.15) is 27.9 Å². The van der Waals surface area contributed by atoms with Crippen molar-refractivity contribution < 1.29 is 4.79 Å². The summed E-state index contributed by atoms with van der Waals surface area (Å²) in [4.78, 5) is 24.3. The number of amides is 1. The summed E-state index contributed by atoms with van der Waals surface area (Å²) in [7, 11) is 0. The lowest BCUT2D eigenvalue weighted by Crippen LogP contribution is -2.25. The van der Waals surface area contributed by atoms with Crippen LogP contribution < -0.4 is 16.6 Å². The van der Waals surface area contributed by atoms with E-state index in [1.165, 1.54) is 0 Å². The average molecular weight is 466 g/mol. The highest BCUT2D eigenvalue weighted by Gasteiger charge is 2.14. The molecule has 3 aromatic heterocycles. The number of nitrogen functional groups attached to an aromatic ring is 1. The number of carbonyl (C=O) groups excluding carboxylic acids is 1. The molecular weight excluding hydrogens is 442 g/mol. The monoisotopic (exact) mass is 465 g/mol. The van der Waals surface area contributed by atoms with E-state index < -0.39 is 0 Å². The molecule has 0 aliphatic rings. The number of nitrogens with two attached hydrogens (primary N) is 1. The van der Waals surface area contributed by atoms with Crippen molar-refractivity contribution >= 4 is 23.3 Å². The molecule has 0 saturated heterocycles. The topological polar surface area (TPSA) is 113 Å². The van der Waals surface area contributed by atoms with Crippen LogP contribution in [0.4, 0.5) is 5.82 Å². The standard InChI is InChI=1S/C23H24ClN7O2/c24-19-12-27-30(15-19)11-3-9-26-23(33)20-16-31(28-22(20)25)14-18-7-5-17(6-8-18)13-29-10-2-1-4-21(29)32/h1-2,4-8,10,12,15-16H,3,9,11,13-14H2,(H2,25,28)(H,26,33). The molecule has 4 rings (SSSR count). The van der Waals surface area contributed by atoms with Gasteiger partial charge in [-0.3, -0.25) is 19.0 Å². The maximum absolute atomic E-state index is 12.5. The molecule has 0 unspecified atom stereocenters. The molecule has 170 valence electrons. The van der Waals surface area contributed by atoms with Gasteiger partial charge in [0.1, 0.15) is 5.56 Å². The Labute approximate surface area is 195 Å². The fourth-order valence-electron chi connectivity index (χ4n) is 3.42. The van der Waals surface area contributed by atoms with Crippen molar-refractivity contribution in [1.29, 1.82) is 0 Å². The number of hydrogen-bond acceptors (Lipinski definition) is 5. The fraction of sp³-hybridized carbons (Fsp3) is 0.217. The number of pyridine rings is 1. The summed E-state index contributed by atoms with van der Waals surface area (Å²) >= 11 is 5.84. The lowest BCUT2D eigenvalue weighted by Gasteiger charge is -2.07. The molecule has 33 heavy (non-hydrogen) atoms. The number of aromatic nitrogens is 5. The molecule has 3 heterocycles. The number of halogens is 1. The Morgan fingerprint density at radius 1 is 1.03 bits per heavy atom. The Bertz CT molecular complexity index is 1290. The lowest BCUT2D eigenvalue weighted by atomic mass is 10.1. The minimum absolute atomic E-state index is 0.0369. The lowest BCUT2D eigenvalue weighted by molar-refractivity contribution is 0.0953. The van der Waals surface area contributed by atoms with Crippen LogP contribution in [0.3, 0.4) is 0 Å².